The van der Waals surface area contributed by atoms with E-state index in [1.807, 2.05) is 0 Å². The van der Waals surface area contributed by atoms with Gasteiger partial charge in [0.05, 0.1) is 0 Å². The Morgan fingerprint density at radius 1 is 0.348 bits per heavy atom. The maximum absolute atomic E-state index is 12.3. The quantitative estimate of drug-likeness (QED) is 0.499. The summed E-state index contributed by atoms with van der Waals surface area (Å²) in [4.78, 5) is 0. The maximum atomic E-state index is 12.3. The van der Waals surface area contributed by atoms with Gasteiger partial charge in [-0.15, -0.1) is 17.6 Å². The van der Waals surface area contributed by atoms with Crippen LogP contribution in [0.15, 0.2) is 0 Å². The highest BCUT2D eigenvalue weighted by atomic mass is 19.4. The van der Waals surface area contributed by atoms with Gasteiger partial charge < -0.3 is 0 Å². The van der Waals surface area contributed by atoms with Gasteiger partial charge in [-0.2, -0.15) is 43.9 Å². The first-order chi connectivity index (χ1) is 9.62. The maximum Gasteiger partial charge on any atom is 0.497 e. The second-order valence-electron chi connectivity index (χ2n) is 3.26. The van der Waals surface area contributed by atoms with Crippen molar-refractivity contribution >= 4 is 0 Å². The molecule has 0 heterocycles. The van der Waals surface area contributed by atoms with Gasteiger partial charge >= 0.3 is 37.2 Å². The van der Waals surface area contributed by atoms with Gasteiger partial charge in [-0.1, -0.05) is 0 Å². The largest absolute Gasteiger partial charge is 0.497 e. The summed E-state index contributed by atoms with van der Waals surface area (Å²) in [5.74, 6) is 0. The van der Waals surface area contributed by atoms with Crippen LogP contribution in [0, 0.1) is 0 Å². The van der Waals surface area contributed by atoms with Crippen molar-refractivity contribution in [3.05, 3.63) is 0 Å². The van der Waals surface area contributed by atoms with Gasteiger partial charge in [0.1, 0.15) is 0 Å². The minimum atomic E-state index is -6.88. The van der Waals surface area contributed by atoms with Crippen molar-refractivity contribution in [1.29, 1.82) is 0 Å². The van der Waals surface area contributed by atoms with Crippen LogP contribution in [0.1, 0.15) is 0 Å². The predicted molar refractivity (Wildman–Crippen MR) is 35.2 cm³/mol. The van der Waals surface area contributed by atoms with E-state index in [-0.39, 0.29) is 0 Å². The molecule has 0 saturated carbocycles. The van der Waals surface area contributed by atoms with Gasteiger partial charge in [-0.3, -0.25) is 0 Å². The number of alkyl halides is 14. The van der Waals surface area contributed by atoms with Crippen molar-refractivity contribution in [2.45, 2.75) is 37.2 Å². The molecule has 0 aliphatic carbocycles. The summed E-state index contributed by atoms with van der Waals surface area (Å²) in [5, 5.41) is 0. The highest BCUT2D eigenvalue weighted by Crippen LogP contribution is 2.45. The summed E-state index contributed by atoms with van der Waals surface area (Å²) in [6.07, 6.45) is -40.8. The number of ether oxygens (including phenoxy) is 3. The predicted octanol–water partition coefficient (Wildman–Crippen LogP) is 4.45. The van der Waals surface area contributed by atoms with Crippen molar-refractivity contribution in [3.8, 4) is 0 Å². The monoisotopic (exact) mass is 386 g/mol. The first-order valence-corrected chi connectivity index (χ1v) is 4.37. The molecule has 0 aromatic rings. The molecular weight excluding hydrogens is 386 g/mol. The topological polar surface area (TPSA) is 27.7 Å². The average Bonchev–Trinajstić information content (AvgIpc) is 2.05. The van der Waals surface area contributed by atoms with Gasteiger partial charge in [-0.25, -0.2) is 14.2 Å². The molecule has 0 radical (unpaired) electrons. The van der Waals surface area contributed by atoms with E-state index >= 15 is 0 Å². The van der Waals surface area contributed by atoms with Gasteiger partial charge in [0.25, 0.3) is 0 Å². The van der Waals surface area contributed by atoms with Crippen LogP contribution in [0.5, 0.6) is 0 Å². The fourth-order valence-electron chi connectivity index (χ4n) is 0.594. The lowest BCUT2D eigenvalue weighted by atomic mass is 10.6. The second-order valence-corrected chi connectivity index (χ2v) is 3.26. The van der Waals surface area contributed by atoms with Crippen LogP contribution < -0.4 is 0 Å². The lowest BCUT2D eigenvalue weighted by Crippen LogP contribution is -2.51. The summed E-state index contributed by atoms with van der Waals surface area (Å²) >= 11 is 0. The van der Waals surface area contributed by atoms with Gasteiger partial charge in [-0.05, 0) is 0 Å². The Balaban J connectivity index is 5.16. The molecule has 0 fully saturated rings. The molecule has 0 amide bonds. The lowest BCUT2D eigenvalue weighted by Gasteiger charge is -2.28. The molecule has 0 bridgehead atoms. The Kier molecular flexibility index (Phi) is 5.49. The van der Waals surface area contributed by atoms with Crippen LogP contribution in [0.4, 0.5) is 61.5 Å². The Bertz CT molecular complexity index is 370. The van der Waals surface area contributed by atoms with Gasteiger partial charge in [0.15, 0.2) is 0 Å². The molecular formula is C6F14O3. The zero-order chi connectivity index (χ0) is 19.1. The van der Waals surface area contributed by atoms with Crippen LogP contribution in [-0.4, -0.2) is 37.2 Å². The van der Waals surface area contributed by atoms with E-state index in [0.29, 0.717) is 0 Å². The molecule has 0 aliphatic heterocycles. The molecule has 0 saturated heterocycles. The second kappa shape index (κ2) is 5.76. The molecule has 0 aliphatic rings. The molecule has 0 unspecified atom stereocenters. The molecule has 140 valence electrons. The summed E-state index contributed by atoms with van der Waals surface area (Å²) < 4.78 is 171. The van der Waals surface area contributed by atoms with Crippen LogP contribution in [-0.2, 0) is 14.2 Å². The molecule has 0 rings (SSSR count). The SMILES string of the molecule is FC(F)(OC(F)(F)OC(F)(F)C(F)(F)F)OC(F)(F)C(F)(F)F. The van der Waals surface area contributed by atoms with E-state index in [1.54, 1.807) is 4.74 Å². The zero-order valence-electron chi connectivity index (χ0n) is 9.52. The molecule has 3 nitrogen and oxygen atoms in total. The molecule has 0 aromatic heterocycles. The number of hydrogen-bond acceptors (Lipinski definition) is 3. The third-order valence-corrected chi connectivity index (χ3v) is 1.39. The Labute approximate surface area is 114 Å². The summed E-state index contributed by atoms with van der Waals surface area (Å²) in [6.45, 7) is 0. The van der Waals surface area contributed by atoms with E-state index in [1.165, 1.54) is 9.47 Å². The van der Waals surface area contributed by atoms with Crippen LogP contribution in [0.3, 0.4) is 0 Å². The van der Waals surface area contributed by atoms with E-state index in [9.17, 15) is 61.5 Å². The lowest BCUT2D eigenvalue weighted by molar-refractivity contribution is -0.597. The Hall–Kier alpha value is -1.10. The van der Waals surface area contributed by atoms with Crippen molar-refractivity contribution in [2.75, 3.05) is 0 Å². The first-order valence-electron chi connectivity index (χ1n) is 4.37. The minimum absolute atomic E-state index is 1.53. The van der Waals surface area contributed by atoms with Crippen LogP contribution in [0.25, 0.3) is 0 Å². The molecule has 0 atom stereocenters. The van der Waals surface area contributed by atoms with E-state index in [2.05, 4.69) is 0 Å². The summed E-state index contributed by atoms with van der Waals surface area (Å²) in [6, 6.07) is 0. The smallest absolute Gasteiger partial charge is 0.222 e. The molecule has 23 heavy (non-hydrogen) atoms. The highest BCUT2D eigenvalue weighted by Gasteiger charge is 2.69. The van der Waals surface area contributed by atoms with Crippen molar-refractivity contribution in [3.63, 3.8) is 0 Å². The normalized spacial score (nSPS) is 15.9. The fourth-order valence-corrected chi connectivity index (χ4v) is 0.594. The van der Waals surface area contributed by atoms with Crippen molar-refractivity contribution < 1.29 is 75.7 Å². The number of rotatable bonds is 6. The average molecular weight is 386 g/mol. The first kappa shape index (κ1) is 21.9. The molecule has 0 aromatic carbocycles. The van der Waals surface area contributed by atoms with Crippen molar-refractivity contribution in [1.82, 2.24) is 0 Å². The highest BCUT2D eigenvalue weighted by molar-refractivity contribution is 4.67. The Morgan fingerprint density at radius 3 is 0.739 bits per heavy atom. The third kappa shape index (κ3) is 6.13. The Morgan fingerprint density at radius 2 is 0.565 bits per heavy atom. The molecule has 0 spiro atoms. The van der Waals surface area contributed by atoms with E-state index < -0.39 is 37.2 Å². The minimum Gasteiger partial charge on any atom is -0.222 e. The van der Waals surface area contributed by atoms with E-state index in [0.717, 1.165) is 0 Å². The summed E-state index contributed by atoms with van der Waals surface area (Å²) in [7, 11) is 0. The summed E-state index contributed by atoms with van der Waals surface area (Å²) in [5.41, 5.74) is 0. The van der Waals surface area contributed by atoms with Crippen LogP contribution >= 0.6 is 0 Å². The number of hydrogen-bond donors (Lipinski definition) is 0. The van der Waals surface area contributed by atoms with Gasteiger partial charge in [0.2, 0.25) is 0 Å². The third-order valence-electron chi connectivity index (χ3n) is 1.39. The standard InChI is InChI=1S/C6F14O3/c7-1(8,9)3(13,14)21-5(17,18)23-6(19,20)22-4(15,16)2(10,11)12. The van der Waals surface area contributed by atoms with Gasteiger partial charge in [0, 0.05) is 0 Å². The van der Waals surface area contributed by atoms with Crippen molar-refractivity contribution in [2.24, 2.45) is 0 Å². The zero-order valence-corrected chi connectivity index (χ0v) is 9.52. The van der Waals surface area contributed by atoms with E-state index in [4.69, 9.17) is 0 Å². The fraction of sp³-hybridized carbons (Fsp3) is 1.00. The van der Waals surface area contributed by atoms with Crippen LogP contribution in [0.2, 0.25) is 0 Å². The number of halogens is 14. The molecule has 0 N–H and O–H groups in total. The molecule has 17 heteroatoms.